The molecule has 0 saturated heterocycles. The second-order valence-corrected chi connectivity index (χ2v) is 9.31. The van der Waals surface area contributed by atoms with Gasteiger partial charge in [0.15, 0.2) is 5.16 Å². The van der Waals surface area contributed by atoms with Crippen LogP contribution in [0.15, 0.2) is 78.0 Å². The van der Waals surface area contributed by atoms with Crippen molar-refractivity contribution in [2.45, 2.75) is 43.4 Å². The van der Waals surface area contributed by atoms with Crippen LogP contribution in [0.25, 0.3) is 10.8 Å². The van der Waals surface area contributed by atoms with Gasteiger partial charge in [0.05, 0.1) is 18.3 Å². The Morgan fingerprint density at radius 2 is 1.78 bits per heavy atom. The number of thioether (sulfide) groups is 1. The summed E-state index contributed by atoms with van der Waals surface area (Å²) >= 11 is 1.46. The van der Waals surface area contributed by atoms with E-state index in [4.69, 9.17) is 0 Å². The number of rotatable bonds is 8. The lowest BCUT2D eigenvalue weighted by molar-refractivity contribution is -0.119. The van der Waals surface area contributed by atoms with Gasteiger partial charge in [0.1, 0.15) is 5.82 Å². The third-order valence-electron chi connectivity index (χ3n) is 5.85. The molecule has 1 amide bonds. The molecule has 0 unspecified atom stereocenters. The second kappa shape index (κ2) is 9.17. The summed E-state index contributed by atoms with van der Waals surface area (Å²) in [5.41, 5.74) is 2.32. The monoisotopic (exact) mass is 442 g/mol. The lowest BCUT2D eigenvalue weighted by Crippen LogP contribution is -2.28. The highest BCUT2D eigenvalue weighted by Gasteiger charge is 2.30. The van der Waals surface area contributed by atoms with Crippen molar-refractivity contribution in [2.75, 3.05) is 5.75 Å². The fourth-order valence-electron chi connectivity index (χ4n) is 3.94. The zero-order valence-corrected chi connectivity index (χ0v) is 18.9. The minimum atomic E-state index is -0.0584. The van der Waals surface area contributed by atoms with E-state index in [-0.39, 0.29) is 11.9 Å². The number of fused-ring (bicyclic) bond motifs is 1. The van der Waals surface area contributed by atoms with Gasteiger partial charge in [-0.05, 0) is 47.7 Å². The summed E-state index contributed by atoms with van der Waals surface area (Å²) in [6, 6.07) is 24.9. The molecule has 162 valence electrons. The van der Waals surface area contributed by atoms with Gasteiger partial charge in [0, 0.05) is 5.92 Å². The Morgan fingerprint density at radius 3 is 2.56 bits per heavy atom. The van der Waals surface area contributed by atoms with Crippen LogP contribution >= 0.6 is 11.8 Å². The molecule has 1 atom stereocenters. The van der Waals surface area contributed by atoms with Gasteiger partial charge in [-0.1, -0.05) is 78.5 Å². The summed E-state index contributed by atoms with van der Waals surface area (Å²) in [5.74, 6) is 1.86. The van der Waals surface area contributed by atoms with Crippen LogP contribution in [0.3, 0.4) is 0 Å². The van der Waals surface area contributed by atoms with Gasteiger partial charge in [-0.25, -0.2) is 0 Å². The average Bonchev–Trinajstić information content (AvgIpc) is 3.59. The van der Waals surface area contributed by atoms with Crippen LogP contribution in [-0.2, 0) is 11.3 Å². The van der Waals surface area contributed by atoms with Crippen LogP contribution in [0.2, 0.25) is 0 Å². The molecule has 5 rings (SSSR count). The minimum Gasteiger partial charge on any atom is -0.349 e. The van der Waals surface area contributed by atoms with E-state index in [9.17, 15) is 4.79 Å². The molecule has 1 heterocycles. The molecule has 1 N–H and O–H groups in total. The summed E-state index contributed by atoms with van der Waals surface area (Å²) in [6.07, 6.45) is 2.34. The van der Waals surface area contributed by atoms with Crippen molar-refractivity contribution in [3.8, 4) is 0 Å². The van der Waals surface area contributed by atoms with Gasteiger partial charge in [-0.2, -0.15) is 0 Å². The number of nitrogens with one attached hydrogen (secondary N) is 1. The maximum Gasteiger partial charge on any atom is 0.230 e. The van der Waals surface area contributed by atoms with E-state index >= 15 is 0 Å². The first-order valence-electron chi connectivity index (χ1n) is 11.1. The van der Waals surface area contributed by atoms with Gasteiger partial charge in [0.25, 0.3) is 0 Å². The minimum absolute atomic E-state index is 0.00195. The van der Waals surface area contributed by atoms with E-state index in [0.29, 0.717) is 11.7 Å². The zero-order valence-electron chi connectivity index (χ0n) is 18.1. The SMILES string of the molecule is C[C@@H](NC(=O)CSc1nnc(C2CC2)n1Cc1ccccc1)c1ccc2ccccc2c1. The maximum atomic E-state index is 12.7. The quantitative estimate of drug-likeness (QED) is 0.375. The van der Waals surface area contributed by atoms with E-state index in [1.54, 1.807) is 0 Å². The molecule has 0 bridgehead atoms. The molecular formula is C26H26N4OS. The molecule has 6 heteroatoms. The van der Waals surface area contributed by atoms with Crippen LogP contribution in [0.4, 0.5) is 0 Å². The fourth-order valence-corrected chi connectivity index (χ4v) is 4.69. The predicted octanol–water partition coefficient (Wildman–Crippen LogP) is 5.33. The first-order valence-corrected chi connectivity index (χ1v) is 12.0. The zero-order chi connectivity index (χ0) is 21.9. The molecule has 0 radical (unpaired) electrons. The molecule has 5 nitrogen and oxygen atoms in total. The Balaban J connectivity index is 1.24. The van der Waals surface area contributed by atoms with Crippen molar-refractivity contribution in [1.82, 2.24) is 20.1 Å². The molecule has 1 aliphatic carbocycles. The van der Waals surface area contributed by atoms with E-state index in [2.05, 4.69) is 62.5 Å². The standard InChI is InChI=1S/C26H26N4OS/c1-18(22-14-11-20-9-5-6-10-23(20)15-22)27-24(31)17-32-26-29-28-25(21-12-13-21)30(26)16-19-7-3-2-4-8-19/h2-11,14-15,18,21H,12-13,16-17H2,1H3,(H,27,31)/t18-/m1/s1. The van der Waals surface area contributed by atoms with Crippen molar-refractivity contribution >= 4 is 28.4 Å². The van der Waals surface area contributed by atoms with Gasteiger partial charge in [-0.15, -0.1) is 10.2 Å². The number of hydrogen-bond acceptors (Lipinski definition) is 4. The van der Waals surface area contributed by atoms with Crippen molar-refractivity contribution in [1.29, 1.82) is 0 Å². The van der Waals surface area contributed by atoms with Crippen LogP contribution in [-0.4, -0.2) is 26.4 Å². The summed E-state index contributed by atoms with van der Waals surface area (Å²) in [7, 11) is 0. The van der Waals surface area contributed by atoms with E-state index in [0.717, 1.165) is 23.1 Å². The fraction of sp³-hybridized carbons (Fsp3) is 0.269. The molecule has 1 fully saturated rings. The van der Waals surface area contributed by atoms with Crippen LogP contribution < -0.4 is 5.32 Å². The van der Waals surface area contributed by atoms with Crippen molar-refractivity contribution in [2.24, 2.45) is 0 Å². The Hall–Kier alpha value is -3.12. The first-order chi connectivity index (χ1) is 15.7. The second-order valence-electron chi connectivity index (χ2n) is 8.37. The van der Waals surface area contributed by atoms with Crippen molar-refractivity contribution in [3.63, 3.8) is 0 Å². The third kappa shape index (κ3) is 4.70. The van der Waals surface area contributed by atoms with Gasteiger partial charge < -0.3 is 9.88 Å². The lowest BCUT2D eigenvalue weighted by atomic mass is 10.0. The average molecular weight is 443 g/mol. The molecular weight excluding hydrogens is 416 g/mol. The van der Waals surface area contributed by atoms with Crippen LogP contribution in [0.1, 0.15) is 48.7 Å². The summed E-state index contributed by atoms with van der Waals surface area (Å²) in [5, 5.41) is 15.2. The van der Waals surface area contributed by atoms with Gasteiger partial charge in [0.2, 0.25) is 5.91 Å². The number of benzene rings is 3. The number of amides is 1. The Bertz CT molecular complexity index is 1230. The van der Waals surface area contributed by atoms with E-state index in [1.807, 2.05) is 37.3 Å². The van der Waals surface area contributed by atoms with E-state index < -0.39 is 0 Å². The predicted molar refractivity (Wildman–Crippen MR) is 129 cm³/mol. The number of nitrogens with zero attached hydrogens (tertiary/aromatic N) is 3. The van der Waals surface area contributed by atoms with Crippen LogP contribution in [0.5, 0.6) is 0 Å². The van der Waals surface area contributed by atoms with Gasteiger partial charge >= 0.3 is 0 Å². The Morgan fingerprint density at radius 1 is 1.03 bits per heavy atom. The summed E-state index contributed by atoms with van der Waals surface area (Å²) in [6.45, 7) is 2.76. The first kappa shape index (κ1) is 20.8. The van der Waals surface area contributed by atoms with Crippen molar-refractivity contribution < 1.29 is 4.79 Å². The number of aromatic nitrogens is 3. The smallest absolute Gasteiger partial charge is 0.230 e. The Labute approximate surface area is 192 Å². The Kier molecular flexibility index (Phi) is 5.95. The normalized spacial score (nSPS) is 14.4. The highest BCUT2D eigenvalue weighted by Crippen LogP contribution is 2.40. The van der Waals surface area contributed by atoms with Crippen LogP contribution in [0, 0.1) is 0 Å². The molecule has 32 heavy (non-hydrogen) atoms. The number of hydrogen-bond donors (Lipinski definition) is 1. The van der Waals surface area contributed by atoms with Crippen molar-refractivity contribution in [3.05, 3.63) is 89.7 Å². The molecule has 0 spiro atoms. The highest BCUT2D eigenvalue weighted by atomic mass is 32.2. The summed E-state index contributed by atoms with van der Waals surface area (Å²) in [4.78, 5) is 12.7. The molecule has 1 aliphatic rings. The molecule has 1 aromatic heterocycles. The van der Waals surface area contributed by atoms with E-state index in [1.165, 1.54) is 40.9 Å². The topological polar surface area (TPSA) is 59.8 Å². The highest BCUT2D eigenvalue weighted by molar-refractivity contribution is 7.99. The largest absolute Gasteiger partial charge is 0.349 e. The third-order valence-corrected chi connectivity index (χ3v) is 6.82. The molecule has 1 saturated carbocycles. The number of carbonyl (C=O) groups is 1. The molecule has 0 aliphatic heterocycles. The van der Waals surface area contributed by atoms with Gasteiger partial charge in [-0.3, -0.25) is 4.79 Å². The lowest BCUT2D eigenvalue weighted by Gasteiger charge is -2.15. The number of carbonyl (C=O) groups excluding carboxylic acids is 1. The molecule has 4 aromatic rings. The maximum absolute atomic E-state index is 12.7. The molecule has 3 aromatic carbocycles. The summed E-state index contributed by atoms with van der Waals surface area (Å²) < 4.78 is 2.18.